The summed E-state index contributed by atoms with van der Waals surface area (Å²) < 4.78 is 17.3. The molecule has 0 bridgehead atoms. The molecule has 30 heavy (non-hydrogen) atoms. The van der Waals surface area contributed by atoms with Gasteiger partial charge in [-0.15, -0.1) is 11.3 Å². The van der Waals surface area contributed by atoms with Crippen molar-refractivity contribution in [3.05, 3.63) is 52.9 Å². The van der Waals surface area contributed by atoms with E-state index in [4.69, 9.17) is 14.2 Å². The molecular formula is C23H25NO5S. The van der Waals surface area contributed by atoms with E-state index in [9.17, 15) is 9.59 Å². The Hall–Kier alpha value is -3.06. The molecule has 0 unspecified atom stereocenters. The zero-order chi connectivity index (χ0) is 21.7. The van der Waals surface area contributed by atoms with Gasteiger partial charge in [0.25, 0.3) is 5.91 Å². The minimum atomic E-state index is -0.336. The summed E-state index contributed by atoms with van der Waals surface area (Å²) in [5.41, 5.74) is 1.26. The number of hydrogen-bond acceptors (Lipinski definition) is 6. The second kappa shape index (κ2) is 9.63. The van der Waals surface area contributed by atoms with Crippen LogP contribution >= 0.6 is 11.3 Å². The highest BCUT2D eigenvalue weighted by Crippen LogP contribution is 2.40. The summed E-state index contributed by atoms with van der Waals surface area (Å²) >= 11 is 1.36. The van der Waals surface area contributed by atoms with Crippen LogP contribution in [0.5, 0.6) is 11.5 Å². The molecule has 1 heterocycles. The van der Waals surface area contributed by atoms with Crippen molar-refractivity contribution in [1.82, 2.24) is 0 Å². The van der Waals surface area contributed by atoms with Gasteiger partial charge in [0.2, 0.25) is 0 Å². The van der Waals surface area contributed by atoms with Crippen LogP contribution in [-0.2, 0) is 16.0 Å². The molecule has 0 aliphatic heterocycles. The molecule has 0 fully saturated rings. The number of anilines is 1. The number of esters is 1. The Kier molecular flexibility index (Phi) is 6.95. The minimum absolute atomic E-state index is 0.0866. The van der Waals surface area contributed by atoms with E-state index in [0.29, 0.717) is 34.2 Å². The van der Waals surface area contributed by atoms with E-state index < -0.39 is 0 Å². The van der Waals surface area contributed by atoms with Crippen LogP contribution in [0, 0.1) is 0 Å². The molecule has 0 saturated heterocycles. The third-order valence-electron chi connectivity index (χ3n) is 4.32. The Morgan fingerprint density at radius 3 is 2.60 bits per heavy atom. The van der Waals surface area contributed by atoms with Gasteiger partial charge in [0.15, 0.2) is 5.75 Å². The number of fused-ring (bicyclic) bond motifs is 1. The summed E-state index contributed by atoms with van der Waals surface area (Å²) in [7, 11) is 1.60. The maximum absolute atomic E-state index is 13.2. The van der Waals surface area contributed by atoms with Gasteiger partial charge >= 0.3 is 5.97 Å². The molecule has 3 rings (SSSR count). The topological polar surface area (TPSA) is 73.9 Å². The number of methoxy groups -OCH3 is 1. The predicted molar refractivity (Wildman–Crippen MR) is 119 cm³/mol. The van der Waals surface area contributed by atoms with E-state index in [1.807, 2.05) is 44.2 Å². The molecule has 1 N–H and O–H groups in total. The molecule has 0 aliphatic rings. The lowest BCUT2D eigenvalue weighted by Crippen LogP contribution is -2.16. The Labute approximate surface area is 179 Å². The first kappa shape index (κ1) is 21.6. The van der Waals surface area contributed by atoms with Gasteiger partial charge in [-0.3, -0.25) is 9.59 Å². The number of nitrogens with one attached hydrogen (secondary N) is 1. The van der Waals surface area contributed by atoms with Crippen LogP contribution in [-0.4, -0.2) is 31.7 Å². The third kappa shape index (κ3) is 4.91. The lowest BCUT2D eigenvalue weighted by molar-refractivity contribution is -0.142. The molecule has 1 aromatic heterocycles. The average Bonchev–Trinajstić information content (AvgIpc) is 3.06. The Morgan fingerprint density at radius 2 is 1.90 bits per heavy atom. The number of hydrogen-bond donors (Lipinski definition) is 1. The quantitative estimate of drug-likeness (QED) is 0.509. The first-order chi connectivity index (χ1) is 14.4. The molecule has 1 amide bonds. The number of carbonyl (C=O) groups excluding carboxylic acids is 2. The summed E-state index contributed by atoms with van der Waals surface area (Å²) in [6, 6.07) is 12.8. The fourth-order valence-electron chi connectivity index (χ4n) is 3.03. The lowest BCUT2D eigenvalue weighted by Gasteiger charge is -2.13. The van der Waals surface area contributed by atoms with Crippen LogP contribution in [0.4, 0.5) is 5.69 Å². The van der Waals surface area contributed by atoms with Gasteiger partial charge in [-0.05, 0) is 50.6 Å². The van der Waals surface area contributed by atoms with Crippen molar-refractivity contribution in [3.63, 3.8) is 0 Å². The number of ether oxygens (including phenoxy) is 3. The average molecular weight is 428 g/mol. The van der Waals surface area contributed by atoms with E-state index in [2.05, 4.69) is 5.32 Å². The highest BCUT2D eigenvalue weighted by Gasteiger charge is 2.22. The van der Waals surface area contributed by atoms with Gasteiger partial charge in [-0.25, -0.2) is 0 Å². The summed E-state index contributed by atoms with van der Waals surface area (Å²) in [5, 5.41) is 3.76. The molecule has 0 aliphatic carbocycles. The van der Waals surface area contributed by atoms with E-state index in [-0.39, 0.29) is 24.4 Å². The first-order valence-electron chi connectivity index (χ1n) is 9.75. The fraction of sp³-hybridized carbons (Fsp3) is 0.304. The number of carbonyl (C=O) groups is 2. The normalized spacial score (nSPS) is 10.8. The SMILES string of the molecule is CCOC(=O)Cc1ccccc1NC(=O)c1sc2ccc(OC)cc2c1OC(C)C. The second-order valence-electron chi connectivity index (χ2n) is 6.88. The van der Waals surface area contributed by atoms with Crippen LogP contribution in [0.15, 0.2) is 42.5 Å². The third-order valence-corrected chi connectivity index (χ3v) is 5.47. The van der Waals surface area contributed by atoms with Crippen LogP contribution in [0.3, 0.4) is 0 Å². The van der Waals surface area contributed by atoms with Gasteiger partial charge in [-0.2, -0.15) is 0 Å². The van der Waals surface area contributed by atoms with Gasteiger partial charge < -0.3 is 19.5 Å². The van der Waals surface area contributed by atoms with Crippen molar-refractivity contribution < 1.29 is 23.8 Å². The van der Waals surface area contributed by atoms with E-state index in [0.717, 1.165) is 10.1 Å². The Balaban J connectivity index is 1.95. The summed E-state index contributed by atoms with van der Waals surface area (Å²) in [5.74, 6) is 0.601. The number of rotatable bonds is 8. The van der Waals surface area contributed by atoms with Crippen LogP contribution in [0.25, 0.3) is 10.1 Å². The van der Waals surface area contributed by atoms with Gasteiger partial charge in [0.05, 0.1) is 26.2 Å². The largest absolute Gasteiger partial charge is 0.497 e. The van der Waals surface area contributed by atoms with Crippen molar-refractivity contribution in [2.75, 3.05) is 19.0 Å². The van der Waals surface area contributed by atoms with Crippen LogP contribution in [0.1, 0.15) is 36.0 Å². The smallest absolute Gasteiger partial charge is 0.310 e. The highest BCUT2D eigenvalue weighted by atomic mass is 32.1. The van der Waals surface area contributed by atoms with Crippen molar-refractivity contribution in [1.29, 1.82) is 0 Å². The van der Waals surface area contributed by atoms with E-state index >= 15 is 0 Å². The lowest BCUT2D eigenvalue weighted by atomic mass is 10.1. The van der Waals surface area contributed by atoms with Crippen molar-refractivity contribution in [2.24, 2.45) is 0 Å². The molecule has 0 spiro atoms. The van der Waals surface area contributed by atoms with Gasteiger partial charge in [0.1, 0.15) is 10.6 Å². The van der Waals surface area contributed by atoms with Crippen LogP contribution in [0.2, 0.25) is 0 Å². The van der Waals surface area contributed by atoms with Crippen molar-refractivity contribution in [2.45, 2.75) is 33.3 Å². The first-order valence-corrected chi connectivity index (χ1v) is 10.6. The fourth-order valence-corrected chi connectivity index (χ4v) is 4.04. The standard InChI is InChI=1S/C23H25NO5S/c1-5-28-20(25)12-15-8-6-7-9-18(15)24-23(26)22-21(29-14(2)3)17-13-16(27-4)10-11-19(17)30-22/h6-11,13-14H,5,12H2,1-4H3,(H,24,26). The molecule has 2 aromatic carbocycles. The monoisotopic (exact) mass is 427 g/mol. The predicted octanol–water partition coefficient (Wildman–Crippen LogP) is 5.06. The number of thiophene rings is 1. The number of amides is 1. The number of benzene rings is 2. The van der Waals surface area contributed by atoms with Crippen molar-refractivity contribution in [3.8, 4) is 11.5 Å². The van der Waals surface area contributed by atoms with Crippen LogP contribution < -0.4 is 14.8 Å². The molecule has 0 radical (unpaired) electrons. The molecule has 0 saturated carbocycles. The van der Waals surface area contributed by atoms with Gasteiger partial charge in [-0.1, -0.05) is 18.2 Å². The minimum Gasteiger partial charge on any atom is -0.497 e. The molecular weight excluding hydrogens is 402 g/mol. The maximum atomic E-state index is 13.2. The van der Waals surface area contributed by atoms with E-state index in [1.54, 1.807) is 26.2 Å². The molecule has 7 heteroatoms. The second-order valence-corrected chi connectivity index (χ2v) is 7.93. The summed E-state index contributed by atoms with van der Waals surface area (Å²) in [6.07, 6.45) is -0.0138. The van der Waals surface area contributed by atoms with E-state index in [1.165, 1.54) is 11.3 Å². The summed E-state index contributed by atoms with van der Waals surface area (Å²) in [4.78, 5) is 25.6. The highest BCUT2D eigenvalue weighted by molar-refractivity contribution is 7.21. The Bertz CT molecular complexity index is 1060. The number of para-hydroxylation sites is 1. The maximum Gasteiger partial charge on any atom is 0.310 e. The molecule has 3 aromatic rings. The molecule has 158 valence electrons. The Morgan fingerprint density at radius 1 is 1.13 bits per heavy atom. The molecule has 0 atom stereocenters. The zero-order valence-electron chi connectivity index (χ0n) is 17.5. The van der Waals surface area contributed by atoms with Gasteiger partial charge in [0, 0.05) is 15.8 Å². The summed E-state index contributed by atoms with van der Waals surface area (Å²) in [6.45, 7) is 5.91. The van der Waals surface area contributed by atoms with Crippen molar-refractivity contribution >= 4 is 39.0 Å². The zero-order valence-corrected chi connectivity index (χ0v) is 18.3. The molecule has 6 nitrogen and oxygen atoms in total.